The molecule has 1 aliphatic rings. The number of amides is 2. The second kappa shape index (κ2) is 8.46. The number of nitrogens with one attached hydrogen (secondary N) is 1. The normalized spacial score (nSPS) is 14.0. The van der Waals surface area contributed by atoms with Gasteiger partial charge in [0, 0.05) is 5.69 Å². The molecule has 2 amide bonds. The molecule has 0 saturated carbocycles. The lowest BCUT2D eigenvalue weighted by Gasteiger charge is -2.17. The van der Waals surface area contributed by atoms with Crippen LogP contribution in [0.15, 0.2) is 72.4 Å². The van der Waals surface area contributed by atoms with E-state index in [0.717, 1.165) is 27.9 Å². The number of benzene rings is 3. The van der Waals surface area contributed by atoms with E-state index in [4.69, 9.17) is 0 Å². The van der Waals surface area contributed by atoms with Gasteiger partial charge < -0.3 is 5.32 Å². The molecule has 0 radical (unpaired) electrons. The summed E-state index contributed by atoms with van der Waals surface area (Å²) in [6, 6.07) is 21.3. The summed E-state index contributed by atoms with van der Waals surface area (Å²) in [5, 5.41) is 3.24. The van der Waals surface area contributed by atoms with Gasteiger partial charge in [-0.1, -0.05) is 61.9 Å². The fourth-order valence-electron chi connectivity index (χ4n) is 3.83. The number of rotatable bonds is 5. The minimum Gasteiger partial charge on any atom is -0.350 e. The third kappa shape index (κ3) is 3.96. The highest BCUT2D eigenvalue weighted by Gasteiger charge is 2.40. The Morgan fingerprint density at radius 1 is 0.750 bits per heavy atom. The van der Waals surface area contributed by atoms with E-state index in [1.54, 1.807) is 0 Å². The predicted molar refractivity (Wildman–Crippen MR) is 131 cm³/mol. The Balaban J connectivity index is 1.78. The Kier molecular flexibility index (Phi) is 5.70. The molecule has 162 valence electrons. The fourth-order valence-corrected chi connectivity index (χ4v) is 3.83. The molecular weight excluding hydrogens is 396 g/mol. The zero-order valence-electron chi connectivity index (χ0n) is 19.2. The molecule has 1 aliphatic heterocycles. The fraction of sp³-hybridized carbons (Fsp3) is 0.214. The molecule has 4 rings (SSSR count). The first-order chi connectivity index (χ1) is 15.3. The van der Waals surface area contributed by atoms with E-state index >= 15 is 0 Å². The van der Waals surface area contributed by atoms with Gasteiger partial charge in [0.2, 0.25) is 0 Å². The summed E-state index contributed by atoms with van der Waals surface area (Å²) < 4.78 is 0. The quantitative estimate of drug-likeness (QED) is 0.501. The van der Waals surface area contributed by atoms with Crippen LogP contribution >= 0.6 is 0 Å². The Bertz CT molecular complexity index is 1220. The average Bonchev–Trinajstić information content (AvgIpc) is 3.01. The molecule has 0 fully saturated rings. The van der Waals surface area contributed by atoms with Crippen molar-refractivity contribution in [2.45, 2.75) is 40.5 Å². The second-order valence-corrected chi connectivity index (χ2v) is 8.73. The number of carbonyl (C=O) groups is 2. The summed E-state index contributed by atoms with van der Waals surface area (Å²) in [7, 11) is 0. The van der Waals surface area contributed by atoms with Gasteiger partial charge in [0.05, 0.1) is 11.3 Å². The topological polar surface area (TPSA) is 49.4 Å². The molecule has 0 unspecified atom stereocenters. The molecule has 4 nitrogen and oxygen atoms in total. The third-order valence-electron chi connectivity index (χ3n) is 6.02. The van der Waals surface area contributed by atoms with Crippen molar-refractivity contribution in [1.29, 1.82) is 0 Å². The number of imide groups is 1. The zero-order chi connectivity index (χ0) is 23.0. The number of anilines is 2. The van der Waals surface area contributed by atoms with Crippen molar-refractivity contribution in [1.82, 2.24) is 0 Å². The van der Waals surface area contributed by atoms with Gasteiger partial charge in [0.15, 0.2) is 0 Å². The van der Waals surface area contributed by atoms with E-state index in [0.29, 0.717) is 22.9 Å². The van der Waals surface area contributed by atoms with E-state index in [9.17, 15) is 9.59 Å². The van der Waals surface area contributed by atoms with Crippen LogP contribution in [0.1, 0.15) is 47.6 Å². The van der Waals surface area contributed by atoms with Crippen LogP contribution in [-0.2, 0) is 9.59 Å². The average molecular weight is 425 g/mol. The van der Waals surface area contributed by atoms with E-state index in [-0.39, 0.29) is 11.8 Å². The standard InChI is InChI=1S/C28H28N2O2/c1-17(2)21-11-13-23(14-12-21)29-26-25(22-9-6-18(3)7-10-22)27(31)30(28(26)32)24-15-8-19(4)20(5)16-24/h6-17,29H,1-5H3. The van der Waals surface area contributed by atoms with Gasteiger partial charge in [0.25, 0.3) is 11.8 Å². The Morgan fingerprint density at radius 2 is 1.41 bits per heavy atom. The number of aryl methyl sites for hydroxylation is 3. The second-order valence-electron chi connectivity index (χ2n) is 8.73. The molecule has 3 aromatic rings. The van der Waals surface area contributed by atoms with Gasteiger partial charge >= 0.3 is 0 Å². The van der Waals surface area contributed by atoms with E-state index in [1.165, 1.54) is 10.5 Å². The monoisotopic (exact) mass is 424 g/mol. The zero-order valence-corrected chi connectivity index (χ0v) is 19.2. The molecule has 0 atom stereocenters. The molecule has 0 aromatic heterocycles. The van der Waals surface area contributed by atoms with Crippen molar-refractivity contribution < 1.29 is 9.59 Å². The van der Waals surface area contributed by atoms with Crippen molar-refractivity contribution in [3.63, 3.8) is 0 Å². The first-order valence-electron chi connectivity index (χ1n) is 10.9. The molecule has 1 heterocycles. The largest absolute Gasteiger partial charge is 0.350 e. The highest BCUT2D eigenvalue weighted by atomic mass is 16.2. The lowest BCUT2D eigenvalue weighted by atomic mass is 10.0. The van der Waals surface area contributed by atoms with Gasteiger partial charge in [0.1, 0.15) is 5.70 Å². The van der Waals surface area contributed by atoms with Crippen molar-refractivity contribution in [2.24, 2.45) is 0 Å². The Hall–Kier alpha value is -3.66. The molecule has 0 aliphatic carbocycles. The molecule has 3 aromatic carbocycles. The van der Waals surface area contributed by atoms with Crippen molar-refractivity contribution >= 4 is 28.8 Å². The summed E-state index contributed by atoms with van der Waals surface area (Å²) in [4.78, 5) is 28.3. The summed E-state index contributed by atoms with van der Waals surface area (Å²) in [6.45, 7) is 10.3. The van der Waals surface area contributed by atoms with Crippen LogP contribution in [0, 0.1) is 20.8 Å². The first-order valence-corrected chi connectivity index (χ1v) is 10.9. The van der Waals surface area contributed by atoms with Crippen LogP contribution < -0.4 is 10.2 Å². The van der Waals surface area contributed by atoms with Crippen molar-refractivity contribution in [3.05, 3.63) is 100 Å². The maximum absolute atomic E-state index is 13.5. The maximum Gasteiger partial charge on any atom is 0.282 e. The molecule has 4 heteroatoms. The van der Waals surface area contributed by atoms with Gasteiger partial charge in [-0.05, 0) is 73.2 Å². The van der Waals surface area contributed by atoms with Crippen LogP contribution in [0.2, 0.25) is 0 Å². The number of carbonyl (C=O) groups excluding carboxylic acids is 2. The van der Waals surface area contributed by atoms with Gasteiger partial charge in [-0.3, -0.25) is 9.59 Å². The Labute approximate surface area is 189 Å². The summed E-state index contributed by atoms with van der Waals surface area (Å²) in [6.07, 6.45) is 0. The summed E-state index contributed by atoms with van der Waals surface area (Å²) in [5.41, 5.74) is 7.23. The van der Waals surface area contributed by atoms with Crippen LogP contribution in [0.25, 0.3) is 5.57 Å². The molecule has 0 saturated heterocycles. The van der Waals surface area contributed by atoms with E-state index in [2.05, 4.69) is 19.2 Å². The molecule has 0 spiro atoms. The van der Waals surface area contributed by atoms with E-state index < -0.39 is 0 Å². The molecule has 0 bridgehead atoms. The third-order valence-corrected chi connectivity index (χ3v) is 6.02. The number of hydrogen-bond acceptors (Lipinski definition) is 3. The highest BCUT2D eigenvalue weighted by Crippen LogP contribution is 2.34. The van der Waals surface area contributed by atoms with E-state index in [1.807, 2.05) is 87.5 Å². The van der Waals surface area contributed by atoms with Crippen molar-refractivity contribution in [3.8, 4) is 0 Å². The van der Waals surface area contributed by atoms with Gasteiger partial charge in [-0.15, -0.1) is 0 Å². The maximum atomic E-state index is 13.5. The summed E-state index contributed by atoms with van der Waals surface area (Å²) in [5.74, 6) is -0.244. The highest BCUT2D eigenvalue weighted by molar-refractivity contribution is 6.46. The molecule has 32 heavy (non-hydrogen) atoms. The van der Waals surface area contributed by atoms with Gasteiger partial charge in [-0.2, -0.15) is 0 Å². The lowest BCUT2D eigenvalue weighted by Crippen LogP contribution is -2.32. The minimum atomic E-state index is -0.346. The predicted octanol–water partition coefficient (Wildman–Crippen LogP) is 6.13. The smallest absolute Gasteiger partial charge is 0.282 e. The van der Waals surface area contributed by atoms with Crippen LogP contribution in [-0.4, -0.2) is 11.8 Å². The Morgan fingerprint density at radius 3 is 2.00 bits per heavy atom. The number of nitrogens with zero attached hydrogens (tertiary/aromatic N) is 1. The van der Waals surface area contributed by atoms with Crippen LogP contribution in [0.4, 0.5) is 11.4 Å². The molecule has 1 N–H and O–H groups in total. The summed E-state index contributed by atoms with van der Waals surface area (Å²) >= 11 is 0. The lowest BCUT2D eigenvalue weighted by molar-refractivity contribution is -0.120. The molecular formula is C28H28N2O2. The van der Waals surface area contributed by atoms with Crippen LogP contribution in [0.5, 0.6) is 0 Å². The minimum absolute atomic E-state index is 0.300. The van der Waals surface area contributed by atoms with Crippen LogP contribution in [0.3, 0.4) is 0 Å². The van der Waals surface area contributed by atoms with Crippen molar-refractivity contribution in [2.75, 3.05) is 10.2 Å². The number of hydrogen-bond donors (Lipinski definition) is 1. The first kappa shape index (κ1) is 21.6. The SMILES string of the molecule is Cc1ccc(C2=C(Nc3ccc(C(C)C)cc3)C(=O)N(c3ccc(C)c(C)c3)C2=O)cc1. The van der Waals surface area contributed by atoms with Gasteiger partial charge in [-0.25, -0.2) is 4.90 Å².